The number of alkyl halides is 3. The number of anilines is 1. The van der Waals surface area contributed by atoms with E-state index in [0.29, 0.717) is 6.07 Å². The Labute approximate surface area is 116 Å². The van der Waals surface area contributed by atoms with Crippen LogP contribution in [-0.2, 0) is 14.8 Å². The molecule has 0 spiro atoms. The molecule has 0 atom stereocenters. The van der Waals surface area contributed by atoms with Gasteiger partial charge in [-0.25, -0.2) is 13.6 Å². The fourth-order valence-corrected chi connectivity index (χ4v) is 1.88. The zero-order valence-electron chi connectivity index (χ0n) is 10.3. The second kappa shape index (κ2) is 6.24. The minimum Gasteiger partial charge on any atom is -0.377 e. The number of benzene rings is 1. The fraction of sp³-hybridized carbons (Fsp3) is 0.333. The van der Waals surface area contributed by atoms with E-state index in [-0.39, 0.29) is 12.2 Å². The van der Waals surface area contributed by atoms with Gasteiger partial charge in [0.05, 0.1) is 16.4 Å². The van der Waals surface area contributed by atoms with Crippen molar-refractivity contribution in [3.8, 4) is 0 Å². The number of hydrogen-bond acceptors (Lipinski definition) is 6. The van der Waals surface area contributed by atoms with Crippen molar-refractivity contribution in [1.82, 2.24) is 0 Å². The highest BCUT2D eigenvalue weighted by Crippen LogP contribution is 2.27. The van der Waals surface area contributed by atoms with Crippen LogP contribution < -0.4 is 10.5 Å². The maximum atomic E-state index is 11.7. The predicted molar refractivity (Wildman–Crippen MR) is 65.0 cm³/mol. The molecule has 0 saturated heterocycles. The summed E-state index contributed by atoms with van der Waals surface area (Å²) in [5.74, 6) is 0. The Hall–Kier alpha value is -1.92. The van der Waals surface area contributed by atoms with Gasteiger partial charge in [-0.15, -0.1) is 13.2 Å². The molecule has 0 bridgehead atoms. The van der Waals surface area contributed by atoms with Crippen LogP contribution >= 0.6 is 0 Å². The van der Waals surface area contributed by atoms with Crippen LogP contribution in [0.1, 0.15) is 0 Å². The summed E-state index contributed by atoms with van der Waals surface area (Å²) in [7, 11) is -4.13. The van der Waals surface area contributed by atoms with Gasteiger partial charge in [-0.1, -0.05) is 0 Å². The normalized spacial score (nSPS) is 12.2. The Kier molecular flexibility index (Phi) is 5.09. The second-order valence-electron chi connectivity index (χ2n) is 3.70. The lowest BCUT2D eigenvalue weighted by Gasteiger charge is -2.10. The molecule has 0 saturated carbocycles. The van der Waals surface area contributed by atoms with Crippen LogP contribution in [0.4, 0.5) is 24.5 Å². The standard InChI is InChI=1S/C9H10F3N3O5S/c10-9(11,12)20-4-3-14-7-2-1-6(21(13,18)19)5-8(7)15(16)17/h1-2,5,14H,3-4H2,(H2,13,18,19). The maximum Gasteiger partial charge on any atom is 0.522 e. The Morgan fingerprint density at radius 1 is 1.38 bits per heavy atom. The lowest BCUT2D eigenvalue weighted by atomic mass is 10.2. The van der Waals surface area contributed by atoms with E-state index < -0.39 is 38.5 Å². The molecule has 0 aliphatic rings. The highest BCUT2D eigenvalue weighted by atomic mass is 32.2. The molecule has 0 aromatic heterocycles. The van der Waals surface area contributed by atoms with E-state index >= 15 is 0 Å². The van der Waals surface area contributed by atoms with Gasteiger partial charge in [-0.05, 0) is 12.1 Å². The van der Waals surface area contributed by atoms with Crippen LogP contribution in [0.15, 0.2) is 23.1 Å². The number of nitrogens with zero attached hydrogens (tertiary/aromatic N) is 1. The van der Waals surface area contributed by atoms with E-state index in [1.54, 1.807) is 0 Å². The molecule has 3 N–H and O–H groups in total. The minimum absolute atomic E-state index is 0.154. The third-order valence-electron chi connectivity index (χ3n) is 2.18. The number of primary sulfonamides is 1. The first-order chi connectivity index (χ1) is 9.50. The Bertz CT molecular complexity index is 632. The first kappa shape index (κ1) is 17.1. The van der Waals surface area contributed by atoms with Crippen molar-refractivity contribution >= 4 is 21.4 Å². The van der Waals surface area contributed by atoms with Gasteiger partial charge in [0.2, 0.25) is 10.0 Å². The largest absolute Gasteiger partial charge is 0.522 e. The summed E-state index contributed by atoms with van der Waals surface area (Å²) in [6.07, 6.45) is -4.80. The molecule has 0 radical (unpaired) electrons. The molecule has 1 aromatic carbocycles. The molecule has 12 heteroatoms. The monoisotopic (exact) mass is 329 g/mol. The Morgan fingerprint density at radius 3 is 2.48 bits per heavy atom. The summed E-state index contributed by atoms with van der Waals surface area (Å²) in [4.78, 5) is 9.44. The molecule has 0 amide bonds. The predicted octanol–water partition coefficient (Wildman–Crippen LogP) is 1.19. The number of halogens is 3. The van der Waals surface area contributed by atoms with Crippen molar-refractivity contribution in [3.63, 3.8) is 0 Å². The summed E-state index contributed by atoms with van der Waals surface area (Å²) in [5.41, 5.74) is -0.785. The third kappa shape index (κ3) is 5.53. The molecule has 118 valence electrons. The summed E-state index contributed by atoms with van der Waals surface area (Å²) in [6.45, 7) is -1.13. The molecule has 0 aliphatic heterocycles. The molecule has 0 fully saturated rings. The van der Waals surface area contributed by atoms with Crippen molar-refractivity contribution in [3.05, 3.63) is 28.3 Å². The molecule has 1 aromatic rings. The topological polar surface area (TPSA) is 125 Å². The Morgan fingerprint density at radius 2 is 2.00 bits per heavy atom. The average molecular weight is 329 g/mol. The van der Waals surface area contributed by atoms with E-state index in [0.717, 1.165) is 12.1 Å². The smallest absolute Gasteiger partial charge is 0.377 e. The summed E-state index contributed by atoms with van der Waals surface area (Å²) in [6, 6.07) is 2.74. The zero-order chi connectivity index (χ0) is 16.3. The van der Waals surface area contributed by atoms with Crippen LogP contribution in [0, 0.1) is 10.1 Å². The van der Waals surface area contributed by atoms with Crippen molar-refractivity contribution in [2.75, 3.05) is 18.5 Å². The average Bonchev–Trinajstić information content (AvgIpc) is 2.32. The van der Waals surface area contributed by atoms with Gasteiger partial charge in [0.1, 0.15) is 5.69 Å². The molecule has 8 nitrogen and oxygen atoms in total. The number of rotatable bonds is 6. The molecular weight excluding hydrogens is 319 g/mol. The van der Waals surface area contributed by atoms with E-state index in [2.05, 4.69) is 10.1 Å². The molecule has 0 aliphatic carbocycles. The van der Waals surface area contributed by atoms with Crippen LogP contribution in [0.3, 0.4) is 0 Å². The highest BCUT2D eigenvalue weighted by molar-refractivity contribution is 7.89. The molecule has 0 heterocycles. The number of hydrogen-bond donors (Lipinski definition) is 2. The van der Waals surface area contributed by atoms with Crippen molar-refractivity contribution in [2.24, 2.45) is 5.14 Å². The lowest BCUT2D eigenvalue weighted by Crippen LogP contribution is -2.19. The number of nitrogens with two attached hydrogens (primary N) is 1. The SMILES string of the molecule is NS(=O)(=O)c1ccc(NCCOC(F)(F)F)c([N+](=O)[O-])c1. The van der Waals surface area contributed by atoms with Gasteiger partial charge in [-0.3, -0.25) is 14.9 Å². The molecule has 21 heavy (non-hydrogen) atoms. The van der Waals surface area contributed by atoms with Crippen LogP contribution in [-0.4, -0.2) is 32.9 Å². The van der Waals surface area contributed by atoms with Crippen molar-refractivity contribution < 1.29 is 31.2 Å². The third-order valence-corrected chi connectivity index (χ3v) is 3.09. The fourth-order valence-electron chi connectivity index (χ4n) is 1.34. The zero-order valence-corrected chi connectivity index (χ0v) is 11.1. The number of nitrogens with one attached hydrogen (secondary N) is 1. The van der Waals surface area contributed by atoms with Gasteiger partial charge in [-0.2, -0.15) is 0 Å². The number of nitro groups is 1. The first-order valence-electron chi connectivity index (χ1n) is 5.26. The van der Waals surface area contributed by atoms with Crippen molar-refractivity contribution in [1.29, 1.82) is 0 Å². The van der Waals surface area contributed by atoms with E-state index in [1.807, 2.05) is 0 Å². The molecular formula is C9H10F3N3O5S. The van der Waals surface area contributed by atoms with E-state index in [9.17, 15) is 31.7 Å². The van der Waals surface area contributed by atoms with E-state index in [1.165, 1.54) is 0 Å². The van der Waals surface area contributed by atoms with Gasteiger partial charge in [0, 0.05) is 12.6 Å². The first-order valence-corrected chi connectivity index (χ1v) is 6.81. The van der Waals surface area contributed by atoms with Crippen LogP contribution in [0.5, 0.6) is 0 Å². The molecule has 0 unspecified atom stereocenters. The summed E-state index contributed by atoms with van der Waals surface area (Å²) < 4.78 is 60.8. The number of ether oxygens (including phenoxy) is 1. The van der Waals surface area contributed by atoms with Gasteiger partial charge < -0.3 is 5.32 Å². The van der Waals surface area contributed by atoms with Crippen LogP contribution in [0.25, 0.3) is 0 Å². The summed E-state index contributed by atoms with van der Waals surface area (Å²) >= 11 is 0. The van der Waals surface area contributed by atoms with Gasteiger partial charge in [0.15, 0.2) is 0 Å². The second-order valence-corrected chi connectivity index (χ2v) is 5.26. The van der Waals surface area contributed by atoms with E-state index in [4.69, 9.17) is 5.14 Å². The van der Waals surface area contributed by atoms with Crippen LogP contribution in [0.2, 0.25) is 0 Å². The highest BCUT2D eigenvalue weighted by Gasteiger charge is 2.28. The number of sulfonamides is 1. The quantitative estimate of drug-likeness (QED) is 0.459. The van der Waals surface area contributed by atoms with Gasteiger partial charge in [0.25, 0.3) is 5.69 Å². The maximum absolute atomic E-state index is 11.7. The van der Waals surface area contributed by atoms with Gasteiger partial charge >= 0.3 is 6.36 Å². The molecule has 1 rings (SSSR count). The lowest BCUT2D eigenvalue weighted by molar-refractivity contribution is -0.384. The summed E-state index contributed by atoms with van der Waals surface area (Å²) in [5, 5.41) is 18.0. The minimum atomic E-state index is -4.80. The van der Waals surface area contributed by atoms with Crippen molar-refractivity contribution in [2.45, 2.75) is 11.3 Å². The Balaban J connectivity index is 2.86. The number of nitro benzene ring substituents is 1.